The number of hydrogen-bond donors (Lipinski definition) is 4. The van der Waals surface area contributed by atoms with E-state index in [1.165, 1.54) is 0 Å². The summed E-state index contributed by atoms with van der Waals surface area (Å²) in [5.41, 5.74) is -0.293. The first-order valence-electron chi connectivity index (χ1n) is 13.6. The number of unbranched alkanes of at least 4 members (excludes halogenated alkanes) is 1. The van der Waals surface area contributed by atoms with Crippen LogP contribution in [0.5, 0.6) is 0 Å². The fraction of sp³-hybridized carbons (Fsp3) is 0.889. The summed E-state index contributed by atoms with van der Waals surface area (Å²) >= 11 is 0. The Labute approximate surface area is 235 Å². The summed E-state index contributed by atoms with van der Waals surface area (Å²) in [6.07, 6.45) is 3.31. The van der Waals surface area contributed by atoms with Crippen LogP contribution in [0.1, 0.15) is 94.4 Å². The lowest BCUT2D eigenvalue weighted by Crippen LogP contribution is -2.33. The largest absolute Gasteiger partial charge is 0.444 e. The van der Waals surface area contributed by atoms with Crippen LogP contribution >= 0.6 is 21.6 Å². The molecule has 0 aromatic heterocycles. The fourth-order valence-electron chi connectivity index (χ4n) is 2.45. The van der Waals surface area contributed by atoms with Crippen molar-refractivity contribution in [2.75, 3.05) is 44.2 Å². The maximum Gasteiger partial charge on any atom is 0.407 e. The Kier molecular flexibility index (Phi) is 23.4. The second-order valence-electron chi connectivity index (χ2n) is 11.8. The van der Waals surface area contributed by atoms with Gasteiger partial charge >= 0.3 is 6.09 Å². The zero-order valence-electron chi connectivity index (χ0n) is 25.0. The molecule has 0 bridgehead atoms. The van der Waals surface area contributed by atoms with Crippen molar-refractivity contribution in [3.05, 3.63) is 0 Å². The molecule has 8 nitrogen and oxygen atoms in total. The van der Waals surface area contributed by atoms with Gasteiger partial charge in [-0.15, -0.1) is 0 Å². The Morgan fingerprint density at radius 3 is 1.68 bits per heavy atom. The third-order valence-corrected chi connectivity index (χ3v) is 6.59. The molecule has 10 heteroatoms. The van der Waals surface area contributed by atoms with Crippen LogP contribution in [0.2, 0.25) is 0 Å². The molecule has 0 rings (SSSR count). The molecule has 0 aromatic rings. The topological polar surface area (TPSA) is 109 Å². The summed E-state index contributed by atoms with van der Waals surface area (Å²) in [4.78, 5) is 35.1. The van der Waals surface area contributed by atoms with E-state index in [4.69, 9.17) is 4.74 Å². The van der Waals surface area contributed by atoms with Gasteiger partial charge in [0.25, 0.3) is 0 Å². The van der Waals surface area contributed by atoms with Crippen LogP contribution in [0.15, 0.2) is 0 Å². The van der Waals surface area contributed by atoms with Gasteiger partial charge in [-0.05, 0) is 57.9 Å². The standard InChI is InChI=1S/C23H46N4O4S2.C4H10/c1-22(2,3)11-9-19(28)25-15-17-32-33-18-16-26-20(29)10-14-24-12-7-8-13-27-21(30)31-23(4,5)6;1-4(2)3/h24H,7-18H2,1-6H3,(H,25,28)(H,26,29)(H,27,30);4H,1-3H3. The molecule has 0 heterocycles. The number of hydrogen-bond acceptors (Lipinski definition) is 7. The molecule has 0 radical (unpaired) electrons. The van der Waals surface area contributed by atoms with Gasteiger partial charge in [-0.2, -0.15) is 0 Å². The molecule has 0 fully saturated rings. The molecule has 0 saturated carbocycles. The summed E-state index contributed by atoms with van der Waals surface area (Å²) < 4.78 is 5.17. The Hall–Kier alpha value is -1.13. The van der Waals surface area contributed by atoms with E-state index >= 15 is 0 Å². The Morgan fingerprint density at radius 1 is 0.703 bits per heavy atom. The van der Waals surface area contributed by atoms with E-state index in [0.29, 0.717) is 39.0 Å². The SMILES string of the molecule is CC(C)(C)CCC(=O)NCCSSCCNC(=O)CCNCCCCNC(=O)OC(C)(C)C.CC(C)C. The highest BCUT2D eigenvalue weighted by atomic mass is 33.1. The molecule has 37 heavy (non-hydrogen) atoms. The molecule has 220 valence electrons. The Bertz CT molecular complexity index is 603. The van der Waals surface area contributed by atoms with E-state index in [2.05, 4.69) is 62.8 Å². The van der Waals surface area contributed by atoms with Crippen LogP contribution < -0.4 is 21.3 Å². The number of carbonyl (C=O) groups is 3. The number of nitrogens with one attached hydrogen (secondary N) is 4. The molecule has 0 unspecified atom stereocenters. The van der Waals surface area contributed by atoms with Crippen molar-refractivity contribution in [3.63, 3.8) is 0 Å². The smallest absolute Gasteiger partial charge is 0.407 e. The monoisotopic (exact) mass is 564 g/mol. The highest BCUT2D eigenvalue weighted by molar-refractivity contribution is 8.76. The van der Waals surface area contributed by atoms with Crippen LogP contribution in [0.4, 0.5) is 4.79 Å². The van der Waals surface area contributed by atoms with E-state index in [1.807, 2.05) is 20.8 Å². The van der Waals surface area contributed by atoms with Crippen LogP contribution in [0.25, 0.3) is 0 Å². The number of carbonyl (C=O) groups excluding carboxylic acids is 3. The maximum absolute atomic E-state index is 11.8. The van der Waals surface area contributed by atoms with Gasteiger partial charge in [-0.3, -0.25) is 9.59 Å². The van der Waals surface area contributed by atoms with E-state index < -0.39 is 5.60 Å². The van der Waals surface area contributed by atoms with Gasteiger partial charge in [0.2, 0.25) is 11.8 Å². The molecule has 0 aliphatic rings. The van der Waals surface area contributed by atoms with E-state index in [-0.39, 0.29) is 23.3 Å². The normalized spacial score (nSPS) is 11.4. The summed E-state index contributed by atoms with van der Waals surface area (Å²) in [5, 5.41) is 11.8. The van der Waals surface area contributed by atoms with Crippen molar-refractivity contribution in [1.82, 2.24) is 21.3 Å². The number of rotatable bonds is 17. The second-order valence-corrected chi connectivity index (χ2v) is 14.5. The first-order valence-corrected chi connectivity index (χ1v) is 16.1. The van der Waals surface area contributed by atoms with Crippen molar-refractivity contribution in [3.8, 4) is 0 Å². The third-order valence-electron chi connectivity index (χ3n) is 4.18. The lowest BCUT2D eigenvalue weighted by atomic mass is 9.90. The zero-order chi connectivity index (χ0) is 28.7. The summed E-state index contributed by atoms with van der Waals surface area (Å²) in [5.74, 6) is 2.70. The predicted molar refractivity (Wildman–Crippen MR) is 161 cm³/mol. The van der Waals surface area contributed by atoms with Gasteiger partial charge in [0.05, 0.1) is 0 Å². The molecule has 4 N–H and O–H groups in total. The molecule has 0 aromatic carbocycles. The highest BCUT2D eigenvalue weighted by Crippen LogP contribution is 2.21. The van der Waals surface area contributed by atoms with Crippen LogP contribution in [-0.2, 0) is 14.3 Å². The molecule has 0 aliphatic heterocycles. The van der Waals surface area contributed by atoms with E-state index in [9.17, 15) is 14.4 Å². The first kappa shape index (κ1) is 38.0. The van der Waals surface area contributed by atoms with E-state index in [1.54, 1.807) is 21.6 Å². The van der Waals surface area contributed by atoms with Gasteiger partial charge in [0, 0.05) is 50.5 Å². The first-order chi connectivity index (χ1) is 17.1. The van der Waals surface area contributed by atoms with E-state index in [0.717, 1.165) is 43.2 Å². The summed E-state index contributed by atoms with van der Waals surface area (Å²) in [7, 11) is 3.41. The molecule has 0 spiro atoms. The number of alkyl carbamates (subject to hydrolysis) is 1. The summed E-state index contributed by atoms with van der Waals surface area (Å²) in [6, 6.07) is 0. The molecular formula is C27H56N4O4S2. The van der Waals surface area contributed by atoms with Gasteiger partial charge in [0.1, 0.15) is 5.60 Å². The van der Waals surface area contributed by atoms with Gasteiger partial charge in [-0.25, -0.2) is 4.79 Å². The Balaban J connectivity index is 0. The molecule has 0 aliphatic carbocycles. The van der Waals surface area contributed by atoms with Crippen molar-refractivity contribution < 1.29 is 19.1 Å². The lowest BCUT2D eigenvalue weighted by molar-refractivity contribution is -0.122. The highest BCUT2D eigenvalue weighted by Gasteiger charge is 2.15. The summed E-state index contributed by atoms with van der Waals surface area (Å²) in [6.45, 7) is 21.8. The van der Waals surface area contributed by atoms with Crippen LogP contribution in [-0.4, -0.2) is 67.7 Å². The van der Waals surface area contributed by atoms with Crippen molar-refractivity contribution in [2.24, 2.45) is 11.3 Å². The van der Waals surface area contributed by atoms with Crippen molar-refractivity contribution >= 4 is 39.5 Å². The maximum atomic E-state index is 11.8. The molecule has 0 atom stereocenters. The predicted octanol–water partition coefficient (Wildman–Crippen LogP) is 5.37. The van der Waals surface area contributed by atoms with Crippen molar-refractivity contribution in [2.45, 2.75) is 100 Å². The number of ether oxygens (including phenoxy) is 1. The minimum atomic E-state index is -0.478. The fourth-order valence-corrected chi connectivity index (χ4v) is 4.27. The zero-order valence-corrected chi connectivity index (χ0v) is 26.6. The van der Waals surface area contributed by atoms with Crippen LogP contribution in [0, 0.1) is 11.3 Å². The molecule has 3 amide bonds. The van der Waals surface area contributed by atoms with Gasteiger partial charge in [-0.1, -0.05) is 63.1 Å². The van der Waals surface area contributed by atoms with Crippen LogP contribution in [0.3, 0.4) is 0 Å². The van der Waals surface area contributed by atoms with Gasteiger partial charge in [0.15, 0.2) is 0 Å². The lowest BCUT2D eigenvalue weighted by Gasteiger charge is -2.19. The molecular weight excluding hydrogens is 508 g/mol. The van der Waals surface area contributed by atoms with Crippen molar-refractivity contribution in [1.29, 1.82) is 0 Å². The Morgan fingerprint density at radius 2 is 1.19 bits per heavy atom. The average Bonchev–Trinajstić information content (AvgIpc) is 2.73. The minimum Gasteiger partial charge on any atom is -0.444 e. The quantitative estimate of drug-likeness (QED) is 0.139. The van der Waals surface area contributed by atoms with Gasteiger partial charge < -0.3 is 26.0 Å². The minimum absolute atomic E-state index is 0.0470. The number of amides is 3. The third kappa shape index (κ3) is 37.1. The molecule has 0 saturated heterocycles. The second kappa shape index (κ2) is 22.8. The average molecular weight is 565 g/mol.